The topological polar surface area (TPSA) is 27.5 Å². The van der Waals surface area contributed by atoms with Gasteiger partial charge in [0.1, 0.15) is 11.6 Å². The van der Waals surface area contributed by atoms with Gasteiger partial charge in [-0.25, -0.2) is 9.37 Å². The number of hydrogen-bond donors (Lipinski definition) is 0. The van der Waals surface area contributed by atoms with Crippen molar-refractivity contribution in [3.63, 3.8) is 0 Å². The van der Waals surface area contributed by atoms with E-state index >= 15 is 0 Å². The Morgan fingerprint density at radius 2 is 1.64 bits per heavy atom. The molecule has 0 bridgehead atoms. The fourth-order valence-corrected chi connectivity index (χ4v) is 3.66. The number of nitrogens with zero attached hydrogens (tertiary/aromatic N) is 5. The van der Waals surface area contributed by atoms with E-state index in [2.05, 4.69) is 32.5 Å². The Morgan fingerprint density at radius 3 is 2.40 bits per heavy atom. The van der Waals surface area contributed by atoms with E-state index in [9.17, 15) is 4.39 Å². The van der Waals surface area contributed by atoms with Crippen molar-refractivity contribution in [2.45, 2.75) is 26.2 Å². The monoisotopic (exact) mass is 343 g/mol. The maximum atomic E-state index is 13.0. The SMILES string of the molecule is CN1CCN(Cc2cn3c(n2)CN(Cc2ccc(F)cc2)CC3)CC1. The molecular weight excluding hydrogens is 317 g/mol. The highest BCUT2D eigenvalue weighted by atomic mass is 19.1. The van der Waals surface area contributed by atoms with Gasteiger partial charge in [0.15, 0.2) is 0 Å². The van der Waals surface area contributed by atoms with E-state index in [0.717, 1.165) is 70.3 Å². The van der Waals surface area contributed by atoms with Crippen LogP contribution >= 0.6 is 0 Å². The Balaban J connectivity index is 1.36. The van der Waals surface area contributed by atoms with Crippen LogP contribution in [0.25, 0.3) is 0 Å². The molecule has 2 aliphatic heterocycles. The summed E-state index contributed by atoms with van der Waals surface area (Å²) < 4.78 is 15.3. The lowest BCUT2D eigenvalue weighted by Gasteiger charge is -2.31. The van der Waals surface area contributed by atoms with Gasteiger partial charge in [-0.1, -0.05) is 12.1 Å². The average Bonchev–Trinajstić information content (AvgIpc) is 3.00. The molecule has 2 aromatic rings. The summed E-state index contributed by atoms with van der Waals surface area (Å²) in [5.74, 6) is 0.976. The molecule has 1 saturated heterocycles. The molecule has 1 fully saturated rings. The zero-order valence-electron chi connectivity index (χ0n) is 14.9. The van der Waals surface area contributed by atoms with Crippen LogP contribution in [0.5, 0.6) is 0 Å². The minimum atomic E-state index is -0.175. The zero-order valence-corrected chi connectivity index (χ0v) is 14.9. The van der Waals surface area contributed by atoms with Crippen molar-refractivity contribution in [1.29, 1.82) is 0 Å². The summed E-state index contributed by atoms with van der Waals surface area (Å²) in [6, 6.07) is 6.81. The van der Waals surface area contributed by atoms with E-state index in [1.165, 1.54) is 17.8 Å². The van der Waals surface area contributed by atoms with Crippen molar-refractivity contribution in [3.8, 4) is 0 Å². The first-order valence-corrected chi connectivity index (χ1v) is 9.08. The highest BCUT2D eigenvalue weighted by molar-refractivity contribution is 5.16. The van der Waals surface area contributed by atoms with Gasteiger partial charge >= 0.3 is 0 Å². The summed E-state index contributed by atoms with van der Waals surface area (Å²) in [4.78, 5) is 12.1. The van der Waals surface area contributed by atoms with Gasteiger partial charge in [-0.3, -0.25) is 9.80 Å². The van der Waals surface area contributed by atoms with Gasteiger partial charge in [0.2, 0.25) is 0 Å². The molecule has 5 nitrogen and oxygen atoms in total. The van der Waals surface area contributed by atoms with Crippen LogP contribution in [0.15, 0.2) is 30.5 Å². The third kappa shape index (κ3) is 4.08. The van der Waals surface area contributed by atoms with Crippen molar-refractivity contribution in [3.05, 3.63) is 53.4 Å². The molecular formula is C19H26FN5. The lowest BCUT2D eigenvalue weighted by Crippen LogP contribution is -2.43. The number of rotatable bonds is 4. The second kappa shape index (κ2) is 7.23. The summed E-state index contributed by atoms with van der Waals surface area (Å²) in [5.41, 5.74) is 2.34. The van der Waals surface area contributed by atoms with Gasteiger partial charge in [0.05, 0.1) is 12.2 Å². The molecule has 134 valence electrons. The first kappa shape index (κ1) is 16.7. The van der Waals surface area contributed by atoms with E-state index in [0.29, 0.717) is 0 Å². The van der Waals surface area contributed by atoms with Crippen molar-refractivity contribution in [2.75, 3.05) is 39.8 Å². The summed E-state index contributed by atoms with van der Waals surface area (Å²) >= 11 is 0. The molecule has 2 aliphatic rings. The lowest BCUT2D eigenvalue weighted by molar-refractivity contribution is 0.147. The van der Waals surface area contributed by atoms with E-state index in [4.69, 9.17) is 4.98 Å². The Hall–Kier alpha value is -1.76. The van der Waals surface area contributed by atoms with Gasteiger partial charge in [0, 0.05) is 58.6 Å². The van der Waals surface area contributed by atoms with Crippen molar-refractivity contribution in [2.24, 2.45) is 0 Å². The Morgan fingerprint density at radius 1 is 0.920 bits per heavy atom. The number of likely N-dealkylation sites (N-methyl/N-ethyl adjacent to an activating group) is 1. The number of halogens is 1. The first-order valence-electron chi connectivity index (χ1n) is 9.08. The van der Waals surface area contributed by atoms with Gasteiger partial charge in [0.25, 0.3) is 0 Å². The third-order valence-corrected chi connectivity index (χ3v) is 5.23. The largest absolute Gasteiger partial charge is 0.332 e. The van der Waals surface area contributed by atoms with Crippen LogP contribution in [0.2, 0.25) is 0 Å². The van der Waals surface area contributed by atoms with E-state index in [-0.39, 0.29) is 5.82 Å². The summed E-state index contributed by atoms with van der Waals surface area (Å²) in [6.07, 6.45) is 2.23. The molecule has 1 aromatic heterocycles. The van der Waals surface area contributed by atoms with Gasteiger partial charge < -0.3 is 9.47 Å². The Bertz CT molecular complexity index is 703. The second-order valence-electron chi connectivity index (χ2n) is 7.26. The number of benzene rings is 1. The minimum absolute atomic E-state index is 0.175. The standard InChI is InChI=1S/C19H26FN5/c1-22-6-8-23(9-7-22)13-18-14-25-11-10-24(15-19(25)21-18)12-16-2-4-17(20)5-3-16/h2-5,14H,6-13,15H2,1H3. The summed E-state index contributed by atoms with van der Waals surface area (Å²) in [7, 11) is 2.18. The predicted molar refractivity (Wildman–Crippen MR) is 95.5 cm³/mol. The maximum absolute atomic E-state index is 13.0. The van der Waals surface area contributed by atoms with E-state index in [1.54, 1.807) is 0 Å². The van der Waals surface area contributed by atoms with Crippen LogP contribution in [-0.4, -0.2) is 64.0 Å². The van der Waals surface area contributed by atoms with Gasteiger partial charge in [-0.2, -0.15) is 0 Å². The number of fused-ring (bicyclic) bond motifs is 1. The fraction of sp³-hybridized carbons (Fsp3) is 0.526. The molecule has 0 unspecified atom stereocenters. The minimum Gasteiger partial charge on any atom is -0.332 e. The number of aromatic nitrogens is 2. The highest BCUT2D eigenvalue weighted by Gasteiger charge is 2.20. The normalized spacial score (nSPS) is 19.9. The molecule has 1 aromatic carbocycles. The lowest BCUT2D eigenvalue weighted by atomic mass is 10.2. The predicted octanol–water partition coefficient (Wildman–Crippen LogP) is 1.79. The third-order valence-electron chi connectivity index (χ3n) is 5.23. The van der Waals surface area contributed by atoms with Crippen LogP contribution in [0.1, 0.15) is 17.1 Å². The smallest absolute Gasteiger partial charge is 0.123 e. The van der Waals surface area contributed by atoms with Crippen LogP contribution in [0.4, 0.5) is 4.39 Å². The Kier molecular flexibility index (Phi) is 4.83. The highest BCUT2D eigenvalue weighted by Crippen LogP contribution is 2.17. The molecule has 0 radical (unpaired) electrons. The quantitative estimate of drug-likeness (QED) is 0.846. The molecule has 0 N–H and O–H groups in total. The molecule has 3 heterocycles. The van der Waals surface area contributed by atoms with Crippen LogP contribution in [0, 0.1) is 5.82 Å². The first-order chi connectivity index (χ1) is 12.2. The maximum Gasteiger partial charge on any atom is 0.123 e. The Labute approximate surface area is 148 Å². The molecule has 0 aliphatic carbocycles. The molecule has 0 spiro atoms. The molecule has 0 atom stereocenters. The van der Waals surface area contributed by atoms with E-state index in [1.807, 2.05) is 12.1 Å². The van der Waals surface area contributed by atoms with Crippen LogP contribution in [0.3, 0.4) is 0 Å². The van der Waals surface area contributed by atoms with Crippen molar-refractivity contribution < 1.29 is 4.39 Å². The van der Waals surface area contributed by atoms with Gasteiger partial charge in [-0.15, -0.1) is 0 Å². The van der Waals surface area contributed by atoms with Crippen molar-refractivity contribution >= 4 is 0 Å². The molecule has 4 rings (SSSR count). The molecule has 0 saturated carbocycles. The van der Waals surface area contributed by atoms with Crippen molar-refractivity contribution in [1.82, 2.24) is 24.3 Å². The van der Waals surface area contributed by atoms with Crippen LogP contribution in [-0.2, 0) is 26.2 Å². The summed E-state index contributed by atoms with van der Waals surface area (Å²) in [5, 5.41) is 0. The van der Waals surface area contributed by atoms with E-state index < -0.39 is 0 Å². The second-order valence-corrected chi connectivity index (χ2v) is 7.26. The number of imidazole rings is 1. The summed E-state index contributed by atoms with van der Waals surface area (Å²) in [6.45, 7) is 9.16. The fourth-order valence-electron chi connectivity index (χ4n) is 3.66. The molecule has 6 heteroatoms. The zero-order chi connectivity index (χ0) is 17.2. The number of piperazine rings is 1. The molecule has 25 heavy (non-hydrogen) atoms. The number of hydrogen-bond acceptors (Lipinski definition) is 4. The molecule has 0 amide bonds. The van der Waals surface area contributed by atoms with Crippen LogP contribution < -0.4 is 0 Å². The average molecular weight is 343 g/mol. The van der Waals surface area contributed by atoms with Gasteiger partial charge in [-0.05, 0) is 24.7 Å².